The van der Waals surface area contributed by atoms with Crippen LogP contribution in [0.25, 0.3) is 10.9 Å². The summed E-state index contributed by atoms with van der Waals surface area (Å²) in [6, 6.07) is 11.8. The first-order chi connectivity index (χ1) is 11.5. The molecule has 0 amide bonds. The van der Waals surface area contributed by atoms with Crippen LogP contribution in [-0.2, 0) is 6.54 Å². The first-order valence-electron chi connectivity index (χ1n) is 7.19. The Bertz CT molecular complexity index is 881. The van der Waals surface area contributed by atoms with E-state index in [0.29, 0.717) is 11.3 Å². The molecule has 3 aromatic rings. The largest absolute Gasteiger partial charge is 0.491 e. The Hall–Kier alpha value is -2.45. The SMILES string of the molecule is O=[N+]([O-])c1ccc2cnn(CC(O)COc3cccc(Br)c3)c2c1. The molecule has 0 saturated heterocycles. The summed E-state index contributed by atoms with van der Waals surface area (Å²) < 4.78 is 7.97. The molecule has 0 aliphatic heterocycles. The molecule has 0 radical (unpaired) electrons. The molecular formula is C16H14BrN3O4. The molecule has 7 nitrogen and oxygen atoms in total. The lowest BCUT2D eigenvalue weighted by molar-refractivity contribution is -0.384. The van der Waals surface area contributed by atoms with Crippen molar-refractivity contribution in [3.8, 4) is 5.75 Å². The topological polar surface area (TPSA) is 90.4 Å². The Kier molecular flexibility index (Phi) is 4.77. The molecule has 0 spiro atoms. The Morgan fingerprint density at radius 2 is 2.17 bits per heavy atom. The summed E-state index contributed by atoms with van der Waals surface area (Å²) in [6.07, 6.45) is 0.812. The first kappa shape index (κ1) is 16.4. The van der Waals surface area contributed by atoms with E-state index in [1.807, 2.05) is 12.1 Å². The normalized spacial score (nSPS) is 12.2. The van der Waals surface area contributed by atoms with E-state index in [-0.39, 0.29) is 18.8 Å². The van der Waals surface area contributed by atoms with Gasteiger partial charge in [0, 0.05) is 22.0 Å². The fraction of sp³-hybridized carbons (Fsp3) is 0.188. The Morgan fingerprint density at radius 1 is 1.33 bits per heavy atom. The predicted octanol–water partition coefficient (Wildman–Crippen LogP) is 3.15. The molecule has 2 aromatic carbocycles. The zero-order chi connectivity index (χ0) is 17.1. The standard InChI is InChI=1S/C16H14BrN3O4/c17-12-2-1-3-15(6-12)24-10-14(21)9-19-16-7-13(20(22)23)5-4-11(16)8-18-19/h1-8,14,21H,9-10H2. The highest BCUT2D eigenvalue weighted by atomic mass is 79.9. The van der Waals surface area contributed by atoms with E-state index in [9.17, 15) is 15.2 Å². The average molecular weight is 392 g/mol. The van der Waals surface area contributed by atoms with Crippen molar-refractivity contribution in [2.24, 2.45) is 0 Å². The van der Waals surface area contributed by atoms with Crippen molar-refractivity contribution in [2.75, 3.05) is 6.61 Å². The fourth-order valence-electron chi connectivity index (χ4n) is 2.32. The molecule has 0 aliphatic carbocycles. The van der Waals surface area contributed by atoms with Gasteiger partial charge in [0.25, 0.3) is 5.69 Å². The summed E-state index contributed by atoms with van der Waals surface area (Å²) in [4.78, 5) is 10.4. The van der Waals surface area contributed by atoms with Gasteiger partial charge in [-0.2, -0.15) is 5.10 Å². The molecule has 1 N–H and O–H groups in total. The van der Waals surface area contributed by atoms with Gasteiger partial charge in [0.05, 0.1) is 23.2 Å². The molecule has 0 bridgehead atoms. The maximum atomic E-state index is 10.9. The van der Waals surface area contributed by atoms with Gasteiger partial charge in [0.2, 0.25) is 0 Å². The number of benzene rings is 2. The number of nitro groups is 1. The number of hydrogen-bond donors (Lipinski definition) is 1. The number of aliphatic hydroxyl groups excluding tert-OH is 1. The number of nitrogens with zero attached hydrogens (tertiary/aromatic N) is 3. The minimum atomic E-state index is -0.800. The summed E-state index contributed by atoms with van der Waals surface area (Å²) >= 11 is 3.35. The molecule has 1 atom stereocenters. The molecule has 124 valence electrons. The van der Waals surface area contributed by atoms with Crippen LogP contribution in [0, 0.1) is 10.1 Å². The molecule has 0 aliphatic rings. The van der Waals surface area contributed by atoms with Crippen molar-refractivity contribution in [3.05, 3.63) is 63.2 Å². The number of halogens is 1. The number of fused-ring (bicyclic) bond motifs is 1. The molecule has 1 heterocycles. The summed E-state index contributed by atoms with van der Waals surface area (Å²) in [5.74, 6) is 0.643. The quantitative estimate of drug-likeness (QED) is 0.514. The van der Waals surface area contributed by atoms with E-state index in [1.54, 1.807) is 24.4 Å². The van der Waals surface area contributed by atoms with Crippen molar-refractivity contribution in [3.63, 3.8) is 0 Å². The summed E-state index contributed by atoms with van der Waals surface area (Å²) in [5, 5.41) is 26.0. The van der Waals surface area contributed by atoms with Crippen molar-refractivity contribution >= 4 is 32.5 Å². The van der Waals surface area contributed by atoms with Crippen molar-refractivity contribution < 1.29 is 14.8 Å². The van der Waals surface area contributed by atoms with Crippen LogP contribution in [-0.4, -0.2) is 32.5 Å². The van der Waals surface area contributed by atoms with Gasteiger partial charge in [-0.1, -0.05) is 22.0 Å². The molecule has 0 fully saturated rings. The van der Waals surface area contributed by atoms with Gasteiger partial charge in [-0.05, 0) is 24.3 Å². The lowest BCUT2D eigenvalue weighted by Gasteiger charge is -2.13. The van der Waals surface area contributed by atoms with E-state index in [1.165, 1.54) is 16.8 Å². The molecule has 3 rings (SSSR count). The summed E-state index contributed by atoms with van der Waals surface area (Å²) in [5.41, 5.74) is 0.592. The Balaban J connectivity index is 1.69. The highest BCUT2D eigenvalue weighted by Gasteiger charge is 2.13. The lowest BCUT2D eigenvalue weighted by atomic mass is 10.2. The first-order valence-corrected chi connectivity index (χ1v) is 7.98. The van der Waals surface area contributed by atoms with Crippen LogP contribution in [0.5, 0.6) is 5.75 Å². The number of ether oxygens (including phenoxy) is 1. The van der Waals surface area contributed by atoms with Crippen molar-refractivity contribution in [2.45, 2.75) is 12.6 Å². The second-order valence-corrected chi connectivity index (χ2v) is 6.16. The zero-order valence-corrected chi connectivity index (χ0v) is 14.1. The second-order valence-electron chi connectivity index (χ2n) is 5.25. The monoisotopic (exact) mass is 391 g/mol. The van der Waals surface area contributed by atoms with E-state index in [4.69, 9.17) is 4.74 Å². The molecule has 1 aromatic heterocycles. The van der Waals surface area contributed by atoms with Crippen LogP contribution in [0.3, 0.4) is 0 Å². The summed E-state index contributed by atoms with van der Waals surface area (Å²) in [6.45, 7) is 0.269. The maximum absolute atomic E-state index is 10.9. The maximum Gasteiger partial charge on any atom is 0.271 e. The minimum absolute atomic E-state index is 0.0101. The van der Waals surface area contributed by atoms with Gasteiger partial charge in [-0.3, -0.25) is 14.8 Å². The number of non-ortho nitro benzene ring substituents is 1. The number of nitro benzene ring substituents is 1. The van der Waals surface area contributed by atoms with E-state index < -0.39 is 11.0 Å². The van der Waals surface area contributed by atoms with Gasteiger partial charge in [0.15, 0.2) is 0 Å². The number of aromatic nitrogens is 2. The van der Waals surface area contributed by atoms with Crippen LogP contribution in [0.2, 0.25) is 0 Å². The van der Waals surface area contributed by atoms with Crippen LogP contribution in [0.1, 0.15) is 0 Å². The third-order valence-corrected chi connectivity index (χ3v) is 3.95. The number of hydrogen-bond acceptors (Lipinski definition) is 5. The highest BCUT2D eigenvalue weighted by molar-refractivity contribution is 9.10. The van der Waals surface area contributed by atoms with Gasteiger partial charge in [-0.15, -0.1) is 0 Å². The van der Waals surface area contributed by atoms with E-state index in [2.05, 4.69) is 21.0 Å². The Labute approximate surface area is 145 Å². The third-order valence-electron chi connectivity index (χ3n) is 3.46. The van der Waals surface area contributed by atoms with Crippen molar-refractivity contribution in [1.29, 1.82) is 0 Å². The van der Waals surface area contributed by atoms with Crippen LogP contribution >= 0.6 is 15.9 Å². The van der Waals surface area contributed by atoms with Crippen LogP contribution in [0.4, 0.5) is 5.69 Å². The van der Waals surface area contributed by atoms with Gasteiger partial charge < -0.3 is 9.84 Å². The molecular weight excluding hydrogens is 378 g/mol. The van der Waals surface area contributed by atoms with E-state index in [0.717, 1.165) is 9.86 Å². The smallest absolute Gasteiger partial charge is 0.271 e. The zero-order valence-electron chi connectivity index (χ0n) is 12.5. The summed E-state index contributed by atoms with van der Waals surface area (Å²) in [7, 11) is 0. The number of aliphatic hydroxyl groups is 1. The van der Waals surface area contributed by atoms with Crippen molar-refractivity contribution in [1.82, 2.24) is 9.78 Å². The Morgan fingerprint density at radius 3 is 2.92 bits per heavy atom. The molecule has 1 unspecified atom stereocenters. The number of rotatable bonds is 6. The van der Waals surface area contributed by atoms with Gasteiger partial charge in [0.1, 0.15) is 18.5 Å². The van der Waals surface area contributed by atoms with Gasteiger partial charge >= 0.3 is 0 Å². The van der Waals surface area contributed by atoms with Crippen LogP contribution < -0.4 is 4.74 Å². The van der Waals surface area contributed by atoms with Crippen LogP contribution in [0.15, 0.2) is 53.1 Å². The molecule has 24 heavy (non-hydrogen) atoms. The second kappa shape index (κ2) is 6.98. The third kappa shape index (κ3) is 3.72. The molecule has 0 saturated carbocycles. The minimum Gasteiger partial charge on any atom is -0.491 e. The van der Waals surface area contributed by atoms with E-state index >= 15 is 0 Å². The van der Waals surface area contributed by atoms with Gasteiger partial charge in [-0.25, -0.2) is 0 Å². The predicted molar refractivity (Wildman–Crippen MR) is 92.0 cm³/mol. The lowest BCUT2D eigenvalue weighted by Crippen LogP contribution is -2.24. The molecule has 8 heteroatoms. The highest BCUT2D eigenvalue weighted by Crippen LogP contribution is 2.21. The fourth-order valence-corrected chi connectivity index (χ4v) is 2.70. The average Bonchev–Trinajstić information content (AvgIpc) is 2.95.